The smallest absolute Gasteiger partial charge is 0.128 e. The van der Waals surface area contributed by atoms with Gasteiger partial charge < -0.3 is 9.84 Å². The number of nitrogens with zero attached hydrogens (tertiary/aromatic N) is 1. The highest BCUT2D eigenvalue weighted by Gasteiger charge is 2.03. The lowest BCUT2D eigenvalue weighted by Crippen LogP contribution is -2.05. The Kier molecular flexibility index (Phi) is 4.60. The van der Waals surface area contributed by atoms with Crippen molar-refractivity contribution in [2.75, 3.05) is 5.43 Å². The third-order valence-corrected chi connectivity index (χ3v) is 2.54. The molecule has 0 aliphatic heterocycles. The SMILES string of the molecule is CC(C)Oc1ccc(C=NNc2ccccc2)c(O)c1. The Bertz CT molecular complexity index is 580. The van der Waals surface area contributed by atoms with Crippen LogP contribution in [0.1, 0.15) is 19.4 Å². The Balaban J connectivity index is 2.02. The van der Waals surface area contributed by atoms with Gasteiger partial charge in [-0.25, -0.2) is 0 Å². The van der Waals surface area contributed by atoms with Crippen LogP contribution in [0.15, 0.2) is 53.6 Å². The topological polar surface area (TPSA) is 53.8 Å². The van der Waals surface area contributed by atoms with E-state index in [9.17, 15) is 5.11 Å². The Morgan fingerprint density at radius 1 is 1.15 bits per heavy atom. The molecule has 2 rings (SSSR count). The van der Waals surface area contributed by atoms with E-state index in [2.05, 4.69) is 10.5 Å². The standard InChI is InChI=1S/C16H18N2O2/c1-12(2)20-15-9-8-13(16(19)10-15)11-17-18-14-6-4-3-5-7-14/h3-12,18-19H,1-2H3. The van der Waals surface area contributed by atoms with E-state index in [1.54, 1.807) is 18.3 Å². The number of anilines is 1. The van der Waals surface area contributed by atoms with E-state index in [4.69, 9.17) is 4.74 Å². The molecule has 0 saturated carbocycles. The molecule has 0 spiro atoms. The molecule has 2 N–H and O–H groups in total. The summed E-state index contributed by atoms with van der Waals surface area (Å²) in [6.45, 7) is 3.88. The molecule has 4 heteroatoms. The van der Waals surface area contributed by atoms with Crippen LogP contribution in [0, 0.1) is 0 Å². The second kappa shape index (κ2) is 6.61. The second-order valence-corrected chi connectivity index (χ2v) is 4.62. The molecule has 2 aromatic carbocycles. The largest absolute Gasteiger partial charge is 0.507 e. The van der Waals surface area contributed by atoms with Crippen molar-refractivity contribution in [3.8, 4) is 11.5 Å². The summed E-state index contributed by atoms with van der Waals surface area (Å²) in [7, 11) is 0. The van der Waals surface area contributed by atoms with Crippen LogP contribution >= 0.6 is 0 Å². The molecule has 0 radical (unpaired) electrons. The van der Waals surface area contributed by atoms with Crippen molar-refractivity contribution in [1.82, 2.24) is 0 Å². The molecule has 20 heavy (non-hydrogen) atoms. The van der Waals surface area contributed by atoms with Crippen LogP contribution in [0.4, 0.5) is 5.69 Å². The van der Waals surface area contributed by atoms with E-state index in [-0.39, 0.29) is 11.9 Å². The first-order valence-electron chi connectivity index (χ1n) is 6.49. The molecule has 104 valence electrons. The summed E-state index contributed by atoms with van der Waals surface area (Å²) >= 11 is 0. The number of benzene rings is 2. The average molecular weight is 270 g/mol. The molecule has 0 amide bonds. The van der Waals surface area contributed by atoms with Gasteiger partial charge in [0.25, 0.3) is 0 Å². The second-order valence-electron chi connectivity index (χ2n) is 4.62. The zero-order valence-electron chi connectivity index (χ0n) is 11.6. The first-order valence-corrected chi connectivity index (χ1v) is 6.49. The van der Waals surface area contributed by atoms with E-state index in [1.807, 2.05) is 50.2 Å². The molecule has 0 saturated heterocycles. The van der Waals surface area contributed by atoms with Crippen LogP contribution in [0.2, 0.25) is 0 Å². The van der Waals surface area contributed by atoms with Gasteiger partial charge in [0.1, 0.15) is 11.5 Å². The molecule has 0 atom stereocenters. The number of phenolic OH excluding ortho intramolecular Hbond substituents is 1. The van der Waals surface area contributed by atoms with Crippen molar-refractivity contribution < 1.29 is 9.84 Å². The van der Waals surface area contributed by atoms with Gasteiger partial charge in [-0.1, -0.05) is 18.2 Å². The lowest BCUT2D eigenvalue weighted by molar-refractivity contribution is 0.241. The lowest BCUT2D eigenvalue weighted by Gasteiger charge is -2.10. The summed E-state index contributed by atoms with van der Waals surface area (Å²) < 4.78 is 5.50. The van der Waals surface area contributed by atoms with Crippen LogP contribution in [0.25, 0.3) is 0 Å². The maximum Gasteiger partial charge on any atom is 0.128 e. The highest BCUT2D eigenvalue weighted by molar-refractivity contribution is 5.84. The summed E-state index contributed by atoms with van der Waals surface area (Å²) in [6.07, 6.45) is 1.65. The number of rotatable bonds is 5. The minimum atomic E-state index is 0.0775. The fourth-order valence-electron chi connectivity index (χ4n) is 1.67. The lowest BCUT2D eigenvalue weighted by atomic mass is 10.2. The summed E-state index contributed by atoms with van der Waals surface area (Å²) in [5.74, 6) is 0.785. The first kappa shape index (κ1) is 13.9. The average Bonchev–Trinajstić information content (AvgIpc) is 2.42. The Hall–Kier alpha value is -2.49. The van der Waals surface area contributed by atoms with Crippen molar-refractivity contribution in [2.45, 2.75) is 20.0 Å². The quantitative estimate of drug-likeness (QED) is 0.644. The number of phenols is 1. The molecule has 2 aromatic rings. The normalized spacial score (nSPS) is 10.9. The molecule has 0 aliphatic rings. The summed E-state index contributed by atoms with van der Waals surface area (Å²) in [5, 5.41) is 14.0. The molecular formula is C16H18N2O2. The highest BCUT2D eigenvalue weighted by atomic mass is 16.5. The van der Waals surface area contributed by atoms with Crippen LogP contribution in [0.5, 0.6) is 11.5 Å². The van der Waals surface area contributed by atoms with Crippen molar-refractivity contribution in [3.05, 3.63) is 54.1 Å². The fourth-order valence-corrected chi connectivity index (χ4v) is 1.67. The number of hydrazone groups is 1. The Labute approximate surface area is 118 Å². The zero-order chi connectivity index (χ0) is 14.4. The minimum absolute atomic E-state index is 0.0775. The molecular weight excluding hydrogens is 252 g/mol. The number of ether oxygens (including phenoxy) is 1. The van der Waals surface area contributed by atoms with Crippen molar-refractivity contribution in [1.29, 1.82) is 0 Å². The van der Waals surface area contributed by atoms with Crippen LogP contribution in [0.3, 0.4) is 0 Å². The highest BCUT2D eigenvalue weighted by Crippen LogP contribution is 2.23. The molecule has 0 aromatic heterocycles. The van der Waals surface area contributed by atoms with Gasteiger partial charge in [0, 0.05) is 11.6 Å². The van der Waals surface area contributed by atoms with Gasteiger partial charge in [0.05, 0.1) is 18.0 Å². The predicted octanol–water partition coefficient (Wildman–Crippen LogP) is 3.63. The number of hydrogen-bond acceptors (Lipinski definition) is 4. The van der Waals surface area contributed by atoms with Gasteiger partial charge in [-0.2, -0.15) is 5.10 Å². The van der Waals surface area contributed by atoms with E-state index >= 15 is 0 Å². The number of hydrogen-bond donors (Lipinski definition) is 2. The summed E-state index contributed by atoms with van der Waals surface area (Å²) in [6, 6.07) is 14.8. The fraction of sp³-hybridized carbons (Fsp3) is 0.188. The first-order chi connectivity index (χ1) is 9.65. The van der Waals surface area contributed by atoms with E-state index in [0.29, 0.717) is 11.3 Å². The molecule has 4 nitrogen and oxygen atoms in total. The third kappa shape index (κ3) is 4.02. The monoisotopic (exact) mass is 270 g/mol. The van der Waals surface area contributed by atoms with Crippen LogP contribution in [-0.2, 0) is 0 Å². The number of para-hydroxylation sites is 1. The van der Waals surface area contributed by atoms with E-state index < -0.39 is 0 Å². The van der Waals surface area contributed by atoms with Crippen molar-refractivity contribution >= 4 is 11.9 Å². The van der Waals surface area contributed by atoms with E-state index in [1.165, 1.54) is 0 Å². The van der Waals surface area contributed by atoms with Gasteiger partial charge in [0.15, 0.2) is 0 Å². The maximum atomic E-state index is 9.90. The van der Waals surface area contributed by atoms with Gasteiger partial charge in [-0.3, -0.25) is 5.43 Å². The zero-order valence-corrected chi connectivity index (χ0v) is 11.6. The van der Waals surface area contributed by atoms with E-state index in [0.717, 1.165) is 5.69 Å². The number of aromatic hydroxyl groups is 1. The van der Waals surface area contributed by atoms with Crippen molar-refractivity contribution in [3.63, 3.8) is 0 Å². The van der Waals surface area contributed by atoms with Crippen LogP contribution < -0.4 is 10.2 Å². The third-order valence-electron chi connectivity index (χ3n) is 2.54. The van der Waals surface area contributed by atoms with Crippen molar-refractivity contribution in [2.24, 2.45) is 5.10 Å². The van der Waals surface area contributed by atoms with Gasteiger partial charge in [0.2, 0.25) is 0 Å². The Morgan fingerprint density at radius 3 is 2.55 bits per heavy atom. The minimum Gasteiger partial charge on any atom is -0.507 e. The van der Waals surface area contributed by atoms with Crippen LogP contribution in [-0.4, -0.2) is 17.4 Å². The molecule has 0 heterocycles. The number of nitrogens with one attached hydrogen (secondary N) is 1. The maximum absolute atomic E-state index is 9.90. The molecule has 0 unspecified atom stereocenters. The van der Waals surface area contributed by atoms with Gasteiger partial charge >= 0.3 is 0 Å². The van der Waals surface area contributed by atoms with Gasteiger partial charge in [-0.15, -0.1) is 0 Å². The summed E-state index contributed by atoms with van der Waals surface area (Å²) in [4.78, 5) is 0. The molecule has 0 bridgehead atoms. The molecule has 0 fully saturated rings. The van der Waals surface area contributed by atoms with Gasteiger partial charge in [-0.05, 0) is 38.1 Å². The predicted molar refractivity (Wildman–Crippen MR) is 81.5 cm³/mol. The molecule has 0 aliphatic carbocycles. The summed E-state index contributed by atoms with van der Waals surface area (Å²) in [5.41, 5.74) is 4.42. The Morgan fingerprint density at radius 2 is 1.90 bits per heavy atom.